The van der Waals surface area contributed by atoms with E-state index >= 15 is 0 Å². The molecule has 112 valence electrons. The maximum Gasteiger partial charge on any atom is 0.399 e. The molecule has 0 aliphatic heterocycles. The number of hydroxylamine groups is 3. The average molecular weight is 286 g/mol. The van der Waals surface area contributed by atoms with E-state index in [1.807, 2.05) is 13.8 Å². The minimum atomic E-state index is -3.66. The molecule has 1 N–H and O–H groups in total. The summed E-state index contributed by atoms with van der Waals surface area (Å²) in [6, 6.07) is 0. The average Bonchev–Trinajstić information content (AvgIpc) is 2.39. The Morgan fingerprint density at radius 1 is 1.00 bits per heavy atom. The van der Waals surface area contributed by atoms with Gasteiger partial charge in [0.05, 0.1) is 14.2 Å². The van der Waals surface area contributed by atoms with Crippen LogP contribution in [0.25, 0.3) is 0 Å². The van der Waals surface area contributed by atoms with Gasteiger partial charge in [0.1, 0.15) is 19.6 Å². The van der Waals surface area contributed by atoms with Gasteiger partial charge in [0.15, 0.2) is 0 Å². The largest absolute Gasteiger partial charge is 0.399 e. The maximum atomic E-state index is 9.92. The summed E-state index contributed by atoms with van der Waals surface area (Å²) in [6.45, 7) is 8.84. The number of hydrogen-bond acceptors (Lipinski definition) is 5. The number of hydrogen-bond donors (Lipinski definition) is 1. The van der Waals surface area contributed by atoms with E-state index in [1.165, 1.54) is 12.8 Å². The molecule has 0 bridgehead atoms. The van der Waals surface area contributed by atoms with Gasteiger partial charge < -0.3 is 0 Å². The van der Waals surface area contributed by atoms with Crippen LogP contribution < -0.4 is 0 Å². The molecule has 7 heteroatoms. The first-order chi connectivity index (χ1) is 8.30. The fraction of sp³-hybridized carbons (Fsp3) is 1.00. The van der Waals surface area contributed by atoms with Gasteiger partial charge in [-0.25, -0.2) is 5.21 Å². The van der Waals surface area contributed by atoms with E-state index in [-0.39, 0.29) is 4.65 Å². The summed E-state index contributed by atoms with van der Waals surface area (Å²) in [4.78, 5) is 0. The Bertz CT molecular complexity index is 265. The van der Waals surface area contributed by atoms with Crippen LogP contribution in [-0.4, -0.2) is 52.1 Å². The minimum Gasteiger partial charge on any atom is -0.252 e. The van der Waals surface area contributed by atoms with Crippen molar-refractivity contribution in [3.8, 4) is 0 Å². The van der Waals surface area contributed by atoms with Crippen LogP contribution in [0.3, 0.4) is 0 Å². The highest BCUT2D eigenvalue weighted by atomic mass is 32.3. The molecule has 0 aliphatic carbocycles. The fourth-order valence-corrected chi connectivity index (χ4v) is 1.40. The number of quaternary nitrogens is 1. The van der Waals surface area contributed by atoms with Gasteiger partial charge in [0.25, 0.3) is 0 Å². The van der Waals surface area contributed by atoms with Crippen molar-refractivity contribution in [3.63, 3.8) is 0 Å². The van der Waals surface area contributed by atoms with Gasteiger partial charge in [0, 0.05) is 0 Å². The molecule has 0 rings (SSSR count). The molecule has 0 radical (unpaired) electrons. The van der Waals surface area contributed by atoms with Crippen LogP contribution in [-0.2, 0) is 18.8 Å². The lowest BCUT2D eigenvalue weighted by Gasteiger charge is -2.27. The standard InChI is InChI=1S/C9H22NO.C2H6O4S/c1-4-7-8-9-10(11,5-2)6-3;1-5-7(3,4)6-2/h11H,4-9H2,1-3H3;1-2H3/q+1;. The zero-order valence-electron chi connectivity index (χ0n) is 12.2. The normalized spacial score (nSPS) is 11.9. The van der Waals surface area contributed by atoms with Crippen molar-refractivity contribution in [3.05, 3.63) is 0 Å². The maximum absolute atomic E-state index is 9.92. The van der Waals surface area contributed by atoms with Crippen LogP contribution in [0, 0.1) is 0 Å². The molecule has 0 amide bonds. The molecule has 18 heavy (non-hydrogen) atoms. The Balaban J connectivity index is 0. The molecule has 0 aromatic carbocycles. The number of rotatable bonds is 8. The summed E-state index contributed by atoms with van der Waals surface area (Å²) in [5, 5.41) is 9.79. The van der Waals surface area contributed by atoms with Crippen molar-refractivity contribution < 1.29 is 26.6 Å². The zero-order chi connectivity index (χ0) is 14.7. The third-order valence-corrected chi connectivity index (χ3v) is 3.58. The van der Waals surface area contributed by atoms with E-state index < -0.39 is 10.4 Å². The monoisotopic (exact) mass is 286 g/mol. The highest BCUT2D eigenvalue weighted by Gasteiger charge is 2.18. The number of unbranched alkanes of at least 4 members (excludes halogenated alkanes) is 2. The summed E-state index contributed by atoms with van der Waals surface area (Å²) in [6.07, 6.45) is 3.61. The van der Waals surface area contributed by atoms with E-state index in [4.69, 9.17) is 0 Å². The van der Waals surface area contributed by atoms with E-state index in [9.17, 15) is 13.6 Å². The van der Waals surface area contributed by atoms with Gasteiger partial charge >= 0.3 is 10.4 Å². The van der Waals surface area contributed by atoms with Gasteiger partial charge in [-0.2, -0.15) is 13.1 Å². The van der Waals surface area contributed by atoms with E-state index in [0.717, 1.165) is 40.3 Å². The molecular weight excluding hydrogens is 258 g/mol. The van der Waals surface area contributed by atoms with Crippen molar-refractivity contribution in [1.82, 2.24) is 0 Å². The Morgan fingerprint density at radius 2 is 1.44 bits per heavy atom. The van der Waals surface area contributed by atoms with Crippen molar-refractivity contribution >= 4 is 10.4 Å². The first kappa shape index (κ1) is 20.1. The third-order valence-electron chi connectivity index (χ3n) is 2.76. The molecule has 0 aromatic rings. The molecule has 6 nitrogen and oxygen atoms in total. The van der Waals surface area contributed by atoms with Gasteiger partial charge in [-0.05, 0) is 26.7 Å². The quantitative estimate of drug-likeness (QED) is 0.419. The molecule has 0 fully saturated rings. The van der Waals surface area contributed by atoms with E-state index in [2.05, 4.69) is 15.3 Å². The van der Waals surface area contributed by atoms with E-state index in [1.54, 1.807) is 0 Å². The Labute approximate surface area is 111 Å². The topological polar surface area (TPSA) is 72.8 Å². The van der Waals surface area contributed by atoms with Crippen LogP contribution in [0.1, 0.15) is 40.0 Å². The Kier molecular flexibility index (Phi) is 11.9. The lowest BCUT2D eigenvalue weighted by Crippen LogP contribution is -2.44. The second-order valence-corrected chi connectivity index (χ2v) is 5.38. The predicted molar refractivity (Wildman–Crippen MR) is 70.5 cm³/mol. The van der Waals surface area contributed by atoms with Crippen LogP contribution in [0.4, 0.5) is 0 Å². The van der Waals surface area contributed by atoms with Crippen LogP contribution in [0.15, 0.2) is 0 Å². The van der Waals surface area contributed by atoms with Crippen molar-refractivity contribution in [2.24, 2.45) is 0 Å². The first-order valence-electron chi connectivity index (χ1n) is 6.25. The van der Waals surface area contributed by atoms with Gasteiger partial charge in [-0.1, -0.05) is 13.3 Å². The molecule has 0 saturated carbocycles. The first-order valence-corrected chi connectivity index (χ1v) is 7.59. The summed E-state index contributed by atoms with van der Waals surface area (Å²) in [5.41, 5.74) is 0. The summed E-state index contributed by atoms with van der Waals surface area (Å²) in [7, 11) is -1.60. The molecule has 0 unspecified atom stereocenters. The molecular formula is C11H28NO5S+. The lowest BCUT2D eigenvalue weighted by molar-refractivity contribution is -1.10. The fourth-order valence-electron chi connectivity index (χ4n) is 1.26. The zero-order valence-corrected chi connectivity index (χ0v) is 13.0. The SMILES string of the molecule is CCCCC[N+](O)(CC)CC.COS(=O)(=O)OC. The third kappa shape index (κ3) is 10.9. The van der Waals surface area contributed by atoms with Crippen LogP contribution in [0.2, 0.25) is 0 Å². The van der Waals surface area contributed by atoms with E-state index in [0.29, 0.717) is 0 Å². The lowest BCUT2D eigenvalue weighted by atomic mass is 10.2. The molecule has 0 saturated heterocycles. The highest BCUT2D eigenvalue weighted by molar-refractivity contribution is 7.81. The molecule has 0 heterocycles. The Hall–Kier alpha value is -0.210. The smallest absolute Gasteiger partial charge is 0.252 e. The summed E-state index contributed by atoms with van der Waals surface area (Å²) in [5.74, 6) is 0. The summed E-state index contributed by atoms with van der Waals surface area (Å²) >= 11 is 0. The van der Waals surface area contributed by atoms with Crippen molar-refractivity contribution in [2.75, 3.05) is 33.9 Å². The predicted octanol–water partition coefficient (Wildman–Crippen LogP) is 1.95. The minimum absolute atomic E-state index is 0.250. The van der Waals surface area contributed by atoms with Crippen LogP contribution >= 0.6 is 0 Å². The van der Waals surface area contributed by atoms with Crippen molar-refractivity contribution in [2.45, 2.75) is 40.0 Å². The molecule has 0 atom stereocenters. The van der Waals surface area contributed by atoms with Gasteiger partial charge in [-0.15, -0.1) is 0 Å². The van der Waals surface area contributed by atoms with Crippen molar-refractivity contribution in [1.29, 1.82) is 0 Å². The highest BCUT2D eigenvalue weighted by Crippen LogP contribution is 2.05. The number of nitrogens with zero attached hydrogens (tertiary/aromatic N) is 1. The molecule has 0 aliphatic rings. The van der Waals surface area contributed by atoms with Gasteiger partial charge in [0.2, 0.25) is 0 Å². The molecule has 0 spiro atoms. The van der Waals surface area contributed by atoms with Crippen LogP contribution in [0.5, 0.6) is 0 Å². The summed E-state index contributed by atoms with van der Waals surface area (Å²) < 4.78 is 27.8. The van der Waals surface area contributed by atoms with Gasteiger partial charge in [-0.3, -0.25) is 8.37 Å². The second kappa shape index (κ2) is 10.7. The Morgan fingerprint density at radius 3 is 1.67 bits per heavy atom. The second-order valence-electron chi connectivity index (χ2n) is 3.90. The molecule has 0 aromatic heterocycles.